The second-order valence-electron chi connectivity index (χ2n) is 30.7. The van der Waals surface area contributed by atoms with Crippen LogP contribution in [-0.4, -0.2) is 171 Å². The van der Waals surface area contributed by atoms with Crippen molar-refractivity contribution < 1.29 is 134 Å². The third-order valence-electron chi connectivity index (χ3n) is 19.9. The minimum atomic E-state index is -0.819. The number of carboxylic acid groups (broad SMARTS) is 2. The standard InChI is InChI=1S/C23H24O6.C23H24O4.C16H18O5.C16H18O4.C9H12O4.C9H10O3.C9H10O2/c1-26-18-7-3-16(4-8-18)13-22(24)28-20-11-12-21(15-20)29-23(25)14-17-5-9-19(27-2)10-6-17;24-22(15-11-18-7-3-1-4-8-18)26-20-13-14-21(17-20)27-23(25)16-12-19-9-5-2-6-10-19;1-11(17)20-14-7-8-15(10-14)21-16(18)9-12-3-5-13(19-2)6-4-12;1-12(17)19-14-8-9-15(11-14)20-16(18)10-7-13-5-3-2-4-6-13;1-6(10)12-8-3-4-9(5-8)13-7(2)11;1-12-8-4-2-7(3-5-8)6-9(10)11;10-9(11)7-6-8-4-2-1-3-5-8/h3-12,20-21H,13-15H2,1-2H3;1-10,13-14,20-21H,11-12,15-17H2;3-8,14-15H,9-10H2,1-2H3;2-6,8-9,14-15H,7,10-11H2,1H3;3-4,8-9H,5H2,1-2H3;2-5H,6H2,1H3,(H,10,11);1-5H,6-7H2,(H,10,11). The lowest BCUT2D eigenvalue weighted by molar-refractivity contribution is -0.152. The molecule has 8 aromatic carbocycles. The molecule has 0 aliphatic heterocycles. The van der Waals surface area contributed by atoms with E-state index in [9.17, 15) is 57.5 Å². The molecule has 2 N–H and O–H groups in total. The number of hydrogen-bond acceptors (Lipinski definition) is 26. The molecule has 5 aliphatic rings. The van der Waals surface area contributed by atoms with E-state index in [1.54, 1.807) is 150 Å². The fourth-order valence-corrected chi connectivity index (χ4v) is 13.4. The van der Waals surface area contributed by atoms with E-state index in [1.165, 1.54) is 27.7 Å². The summed E-state index contributed by atoms with van der Waals surface area (Å²) in [4.78, 5) is 135. The summed E-state index contributed by atoms with van der Waals surface area (Å²) in [6, 6.07) is 67.9. The SMILES string of the molecule is CC(=O)OC1C=CC(OC(=O)CCc2ccccc2)C1.CC(=O)OC1C=CC(OC(C)=O)C1.COc1ccc(CC(=O)O)cc1.COc1ccc(CC(=O)OC2C=CC(OC(=O)Cc3ccc(OC)cc3)C2)cc1.COc1ccc(CC(=O)OC2C=CC(OC(C)=O)C2)cc1.O=C(CCc1ccccc1)OC1C=CC(OC(=O)CCc2ccccc2)C1.O=C(O)CCc1ccccc1. The Morgan fingerprint density at radius 2 is 0.398 bits per heavy atom. The summed E-state index contributed by atoms with van der Waals surface area (Å²) in [7, 11) is 6.35. The van der Waals surface area contributed by atoms with E-state index in [0.717, 1.165) is 67.5 Å². The maximum atomic E-state index is 12.1. The van der Waals surface area contributed by atoms with Gasteiger partial charge in [0.1, 0.15) is 84.0 Å². The lowest BCUT2D eigenvalue weighted by atomic mass is 10.1. The Labute approximate surface area is 774 Å². The van der Waals surface area contributed by atoms with Gasteiger partial charge in [-0.3, -0.25) is 57.5 Å². The summed E-state index contributed by atoms with van der Waals surface area (Å²) >= 11 is 0. The predicted molar refractivity (Wildman–Crippen MR) is 491 cm³/mol. The number of rotatable bonds is 34. The molecule has 0 aromatic heterocycles. The van der Waals surface area contributed by atoms with Crippen LogP contribution in [0.4, 0.5) is 0 Å². The number of carbonyl (C=O) groups excluding carboxylic acids is 10. The molecule has 0 bridgehead atoms. The number of ether oxygens (including phenoxy) is 14. The van der Waals surface area contributed by atoms with Gasteiger partial charge in [0.15, 0.2) is 0 Å². The number of aryl methyl sites for hydroxylation is 4. The Hall–Kier alpha value is -14.7. The minimum Gasteiger partial charge on any atom is -0.497 e. The van der Waals surface area contributed by atoms with Crippen molar-refractivity contribution in [1.29, 1.82) is 0 Å². The summed E-state index contributed by atoms with van der Waals surface area (Å²) in [5, 5.41) is 16.8. The molecular weight excluding hydrogens is 1710 g/mol. The number of benzene rings is 8. The van der Waals surface area contributed by atoms with Gasteiger partial charge < -0.3 is 76.5 Å². The molecule has 0 heterocycles. The van der Waals surface area contributed by atoms with Crippen molar-refractivity contribution in [2.45, 2.75) is 198 Å². The van der Waals surface area contributed by atoms with Crippen molar-refractivity contribution in [2.24, 2.45) is 0 Å². The largest absolute Gasteiger partial charge is 0.497 e. The van der Waals surface area contributed by atoms with E-state index in [-0.39, 0.29) is 153 Å². The van der Waals surface area contributed by atoms with Crippen molar-refractivity contribution in [2.75, 3.05) is 28.4 Å². The van der Waals surface area contributed by atoms with E-state index in [1.807, 2.05) is 158 Å². The highest BCUT2D eigenvalue weighted by molar-refractivity contribution is 5.76. The molecule has 0 saturated carbocycles. The van der Waals surface area contributed by atoms with E-state index in [0.29, 0.717) is 77.0 Å². The van der Waals surface area contributed by atoms with Gasteiger partial charge in [-0.25, -0.2) is 0 Å². The molecule has 28 nitrogen and oxygen atoms in total. The number of esters is 10. The first-order valence-electron chi connectivity index (χ1n) is 43.4. The van der Waals surface area contributed by atoms with Gasteiger partial charge in [0.05, 0.1) is 54.1 Å². The van der Waals surface area contributed by atoms with Gasteiger partial charge >= 0.3 is 71.6 Å². The van der Waals surface area contributed by atoms with Crippen LogP contribution >= 0.6 is 0 Å². The van der Waals surface area contributed by atoms with Gasteiger partial charge in [-0.1, -0.05) is 170 Å². The molecule has 0 amide bonds. The molecule has 10 unspecified atom stereocenters. The average Bonchev–Trinajstić information content (AvgIpc) is 1.84. The summed E-state index contributed by atoms with van der Waals surface area (Å²) in [5.74, 6) is -1.56. The molecule has 8 aromatic rings. The predicted octanol–water partition coefficient (Wildman–Crippen LogP) is 15.6. The highest BCUT2D eigenvalue weighted by Gasteiger charge is 2.30. The lowest BCUT2D eigenvalue weighted by Crippen LogP contribution is -2.21. The van der Waals surface area contributed by atoms with E-state index in [2.05, 4.69) is 0 Å². The maximum absolute atomic E-state index is 12.1. The van der Waals surface area contributed by atoms with Crippen molar-refractivity contribution in [1.82, 2.24) is 0 Å². The van der Waals surface area contributed by atoms with Crippen LogP contribution in [-0.2, 0) is 156 Å². The van der Waals surface area contributed by atoms with Crippen LogP contribution in [0.3, 0.4) is 0 Å². The Bertz CT molecular complexity index is 4950. The van der Waals surface area contributed by atoms with Crippen molar-refractivity contribution in [3.63, 3.8) is 0 Å². The Balaban J connectivity index is 0.000000217. The number of hydrogen-bond donors (Lipinski definition) is 2. The van der Waals surface area contributed by atoms with Crippen molar-refractivity contribution in [3.8, 4) is 23.0 Å². The summed E-state index contributed by atoms with van der Waals surface area (Å²) in [6.07, 6.45) is 21.4. The van der Waals surface area contributed by atoms with Gasteiger partial charge in [0, 0.05) is 85.5 Å². The van der Waals surface area contributed by atoms with Gasteiger partial charge in [0.2, 0.25) is 0 Å². The zero-order valence-corrected chi connectivity index (χ0v) is 75.9. The maximum Gasteiger partial charge on any atom is 0.310 e. The minimum absolute atomic E-state index is 0.0595. The topological polar surface area (TPSA) is 375 Å². The second-order valence-corrected chi connectivity index (χ2v) is 30.7. The molecule has 0 fully saturated rings. The molecule has 0 radical (unpaired) electrons. The molecule has 5 aliphatic carbocycles. The molecule has 133 heavy (non-hydrogen) atoms. The normalized spacial score (nSPS) is 18.0. The number of aliphatic carboxylic acids is 2. The van der Waals surface area contributed by atoms with Gasteiger partial charge in [-0.15, -0.1) is 0 Å². The smallest absolute Gasteiger partial charge is 0.310 e. The fourth-order valence-electron chi connectivity index (χ4n) is 13.4. The van der Waals surface area contributed by atoms with Crippen LogP contribution in [0, 0.1) is 0 Å². The summed E-state index contributed by atoms with van der Waals surface area (Å²) in [5.41, 5.74) is 7.76. The first-order chi connectivity index (χ1) is 64.0. The van der Waals surface area contributed by atoms with Gasteiger partial charge in [-0.05, 0) is 179 Å². The van der Waals surface area contributed by atoms with Crippen molar-refractivity contribution >= 4 is 71.6 Å². The van der Waals surface area contributed by atoms with E-state index >= 15 is 0 Å². The second kappa shape index (κ2) is 58.8. The zero-order valence-electron chi connectivity index (χ0n) is 75.9. The van der Waals surface area contributed by atoms with Crippen molar-refractivity contribution in [3.05, 3.63) is 324 Å². The number of carboxylic acids is 2. The van der Waals surface area contributed by atoms with Crippen LogP contribution in [0.15, 0.2) is 279 Å². The van der Waals surface area contributed by atoms with Crippen LogP contribution in [0.25, 0.3) is 0 Å². The fraction of sp³-hybridized carbons (Fsp3) is 0.333. The van der Waals surface area contributed by atoms with Crippen LogP contribution in [0.5, 0.6) is 23.0 Å². The number of methoxy groups -OCH3 is 4. The highest BCUT2D eigenvalue weighted by atomic mass is 16.6. The summed E-state index contributed by atoms with van der Waals surface area (Å²) in [6.45, 7) is 5.43. The molecule has 0 spiro atoms. The first-order valence-corrected chi connectivity index (χ1v) is 43.4. The summed E-state index contributed by atoms with van der Waals surface area (Å²) < 4.78 is 72.6. The van der Waals surface area contributed by atoms with E-state index in [4.69, 9.17) is 76.5 Å². The van der Waals surface area contributed by atoms with Crippen LogP contribution < -0.4 is 18.9 Å². The molecule has 704 valence electrons. The van der Waals surface area contributed by atoms with Crippen LogP contribution in [0.1, 0.15) is 130 Å². The average molecular weight is 1830 g/mol. The molecule has 10 atom stereocenters. The number of carbonyl (C=O) groups is 12. The Morgan fingerprint density at radius 1 is 0.218 bits per heavy atom. The lowest BCUT2D eigenvalue weighted by Gasteiger charge is -2.14. The Kier molecular flexibility index (Phi) is 46.6. The zero-order chi connectivity index (χ0) is 96.1. The molecule has 0 saturated heterocycles. The van der Waals surface area contributed by atoms with Crippen LogP contribution in [0.2, 0.25) is 0 Å². The monoisotopic (exact) mass is 1820 g/mol. The molecular formula is C105H116O28. The van der Waals surface area contributed by atoms with E-state index < -0.39 is 11.9 Å². The molecule has 13 rings (SSSR count). The first kappa shape index (κ1) is 105. The third kappa shape index (κ3) is 44.9. The highest BCUT2D eigenvalue weighted by Crippen LogP contribution is 2.26. The molecule has 28 heteroatoms. The third-order valence-corrected chi connectivity index (χ3v) is 19.9. The Morgan fingerprint density at radius 3 is 0.579 bits per heavy atom. The van der Waals surface area contributed by atoms with Gasteiger partial charge in [0.25, 0.3) is 0 Å². The van der Waals surface area contributed by atoms with Gasteiger partial charge in [-0.2, -0.15) is 0 Å². The quantitative estimate of drug-likeness (QED) is 0.0215.